The Balaban J connectivity index is 1.99. The second-order valence-corrected chi connectivity index (χ2v) is 5.94. The Bertz CT molecular complexity index is 569. The van der Waals surface area contributed by atoms with Crippen LogP contribution in [0.25, 0.3) is 0 Å². The average molecular weight is 306 g/mol. The minimum atomic E-state index is 0.514. The van der Waals surface area contributed by atoms with E-state index in [9.17, 15) is 0 Å². The number of nitrogens with zero attached hydrogens (tertiary/aromatic N) is 1. The fraction of sp³-hybridized carbons (Fsp3) is 0.438. The van der Waals surface area contributed by atoms with E-state index in [1.165, 1.54) is 0 Å². The van der Waals surface area contributed by atoms with Crippen LogP contribution in [0.15, 0.2) is 23.6 Å². The third kappa shape index (κ3) is 4.81. The van der Waals surface area contributed by atoms with Crippen LogP contribution in [0, 0.1) is 13.8 Å². The third-order valence-corrected chi connectivity index (χ3v) is 3.95. The first-order valence-corrected chi connectivity index (χ1v) is 7.90. The van der Waals surface area contributed by atoms with Crippen LogP contribution in [0.1, 0.15) is 21.8 Å². The summed E-state index contributed by atoms with van der Waals surface area (Å²) in [5, 5.41) is 6.47. The Hall–Kier alpha value is -1.43. The van der Waals surface area contributed by atoms with Gasteiger partial charge in [-0.3, -0.25) is 0 Å². The quantitative estimate of drug-likeness (QED) is 0.761. The van der Waals surface area contributed by atoms with Crippen LogP contribution >= 0.6 is 11.3 Å². The minimum absolute atomic E-state index is 0.514. The topological polar surface area (TPSA) is 43.4 Å². The Morgan fingerprint density at radius 1 is 1.29 bits per heavy atom. The highest BCUT2D eigenvalue weighted by molar-refractivity contribution is 7.09. The maximum Gasteiger partial charge on any atom is 0.131 e. The second-order valence-electron chi connectivity index (χ2n) is 4.88. The lowest BCUT2D eigenvalue weighted by molar-refractivity contribution is 0.199. The molecule has 0 saturated heterocycles. The van der Waals surface area contributed by atoms with Gasteiger partial charge in [-0.1, -0.05) is 18.2 Å². The molecule has 0 aliphatic rings. The highest BCUT2D eigenvalue weighted by Gasteiger charge is 2.08. The fourth-order valence-corrected chi connectivity index (χ4v) is 2.67. The van der Waals surface area contributed by atoms with Gasteiger partial charge in [0.1, 0.15) is 12.4 Å². The molecule has 4 nitrogen and oxygen atoms in total. The van der Waals surface area contributed by atoms with Gasteiger partial charge >= 0.3 is 0 Å². The number of nitrogens with one attached hydrogen (secondary N) is 1. The number of rotatable bonds is 8. The number of thiazole rings is 1. The number of aryl methyl sites for hydroxylation is 2. The van der Waals surface area contributed by atoms with E-state index in [0.29, 0.717) is 13.2 Å². The molecule has 1 heterocycles. The zero-order valence-corrected chi connectivity index (χ0v) is 13.6. The zero-order chi connectivity index (χ0) is 15.1. The van der Waals surface area contributed by atoms with E-state index in [4.69, 9.17) is 9.47 Å². The van der Waals surface area contributed by atoms with Crippen LogP contribution < -0.4 is 10.1 Å². The zero-order valence-electron chi connectivity index (χ0n) is 12.8. The van der Waals surface area contributed by atoms with E-state index >= 15 is 0 Å². The Kier molecular flexibility index (Phi) is 6.17. The minimum Gasteiger partial charge on any atom is -0.487 e. The van der Waals surface area contributed by atoms with Gasteiger partial charge in [0, 0.05) is 31.1 Å². The first kappa shape index (κ1) is 15.9. The number of aromatic nitrogens is 1. The van der Waals surface area contributed by atoms with Crippen LogP contribution in [0.2, 0.25) is 0 Å². The van der Waals surface area contributed by atoms with Gasteiger partial charge in [-0.25, -0.2) is 4.98 Å². The Morgan fingerprint density at radius 3 is 2.86 bits per heavy atom. The normalized spacial score (nSPS) is 10.8. The van der Waals surface area contributed by atoms with Gasteiger partial charge in [0.15, 0.2) is 0 Å². The summed E-state index contributed by atoms with van der Waals surface area (Å²) >= 11 is 1.65. The van der Waals surface area contributed by atoms with Gasteiger partial charge in [0.05, 0.1) is 17.3 Å². The SMILES string of the molecule is COCCNCc1cccc(C)c1OCc1csc(C)n1. The van der Waals surface area contributed by atoms with Crippen molar-refractivity contribution in [3.63, 3.8) is 0 Å². The van der Waals surface area contributed by atoms with Crippen molar-refractivity contribution in [1.82, 2.24) is 10.3 Å². The standard InChI is InChI=1S/C16H22N2O2S/c1-12-5-4-6-14(9-17-7-8-19-3)16(12)20-10-15-11-21-13(2)18-15/h4-6,11,17H,7-10H2,1-3H3. The molecule has 1 aromatic carbocycles. The molecular formula is C16H22N2O2S. The maximum atomic E-state index is 6.00. The molecule has 0 radical (unpaired) electrons. The van der Waals surface area contributed by atoms with Gasteiger partial charge in [0.25, 0.3) is 0 Å². The third-order valence-electron chi connectivity index (χ3n) is 3.12. The number of para-hydroxylation sites is 1. The molecule has 1 N–H and O–H groups in total. The van der Waals surface area contributed by atoms with Crippen LogP contribution in [-0.2, 0) is 17.9 Å². The number of ether oxygens (including phenoxy) is 2. The highest BCUT2D eigenvalue weighted by atomic mass is 32.1. The lowest BCUT2D eigenvalue weighted by Gasteiger charge is -2.14. The van der Waals surface area contributed by atoms with Crippen LogP contribution in [0.4, 0.5) is 0 Å². The smallest absolute Gasteiger partial charge is 0.131 e. The molecule has 0 spiro atoms. The molecule has 0 fully saturated rings. The van der Waals surface area contributed by atoms with Gasteiger partial charge < -0.3 is 14.8 Å². The van der Waals surface area contributed by atoms with Crippen LogP contribution in [-0.4, -0.2) is 25.2 Å². The van der Waals surface area contributed by atoms with E-state index in [0.717, 1.165) is 40.7 Å². The lowest BCUT2D eigenvalue weighted by Crippen LogP contribution is -2.19. The number of methoxy groups -OCH3 is 1. The predicted molar refractivity (Wildman–Crippen MR) is 85.9 cm³/mol. The molecule has 1 aromatic heterocycles. The summed E-state index contributed by atoms with van der Waals surface area (Å²) in [5.74, 6) is 0.952. The van der Waals surface area contributed by atoms with Crippen molar-refractivity contribution in [2.24, 2.45) is 0 Å². The fourth-order valence-electron chi connectivity index (χ4n) is 2.08. The first-order chi connectivity index (χ1) is 10.2. The first-order valence-electron chi connectivity index (χ1n) is 7.02. The molecule has 2 rings (SSSR count). The molecule has 0 atom stereocenters. The highest BCUT2D eigenvalue weighted by Crippen LogP contribution is 2.24. The van der Waals surface area contributed by atoms with Crippen molar-refractivity contribution in [3.8, 4) is 5.75 Å². The molecule has 0 saturated carbocycles. The summed E-state index contributed by atoms with van der Waals surface area (Å²) in [6.45, 7) is 6.90. The van der Waals surface area contributed by atoms with Crippen LogP contribution in [0.5, 0.6) is 5.75 Å². The van der Waals surface area contributed by atoms with E-state index in [-0.39, 0.29) is 0 Å². The van der Waals surface area contributed by atoms with Gasteiger partial charge in [-0.15, -0.1) is 11.3 Å². The van der Waals surface area contributed by atoms with Gasteiger partial charge in [0.2, 0.25) is 0 Å². The average Bonchev–Trinajstić information content (AvgIpc) is 2.88. The summed E-state index contributed by atoms with van der Waals surface area (Å²) < 4.78 is 11.0. The lowest BCUT2D eigenvalue weighted by atomic mass is 10.1. The van der Waals surface area contributed by atoms with Crippen molar-refractivity contribution >= 4 is 11.3 Å². The van der Waals surface area contributed by atoms with E-state index in [1.807, 2.05) is 12.3 Å². The molecule has 0 amide bonds. The predicted octanol–water partition coefficient (Wildman–Crippen LogP) is 3.07. The van der Waals surface area contributed by atoms with Gasteiger partial charge in [-0.2, -0.15) is 0 Å². The Labute approximate surface area is 130 Å². The van der Waals surface area contributed by atoms with Crippen molar-refractivity contribution in [2.45, 2.75) is 27.0 Å². The summed E-state index contributed by atoms with van der Waals surface area (Å²) in [6, 6.07) is 6.22. The molecule has 114 valence electrons. The molecule has 5 heteroatoms. The maximum absolute atomic E-state index is 6.00. The van der Waals surface area contributed by atoms with E-state index in [2.05, 4.69) is 35.4 Å². The van der Waals surface area contributed by atoms with Crippen molar-refractivity contribution in [3.05, 3.63) is 45.4 Å². The summed E-state index contributed by atoms with van der Waals surface area (Å²) in [6.07, 6.45) is 0. The van der Waals surface area contributed by atoms with Crippen LogP contribution in [0.3, 0.4) is 0 Å². The van der Waals surface area contributed by atoms with Gasteiger partial charge in [-0.05, 0) is 19.4 Å². The summed E-state index contributed by atoms with van der Waals surface area (Å²) in [5.41, 5.74) is 3.30. The molecular weight excluding hydrogens is 284 g/mol. The van der Waals surface area contributed by atoms with Crippen molar-refractivity contribution in [1.29, 1.82) is 0 Å². The van der Waals surface area contributed by atoms with Crippen molar-refractivity contribution in [2.75, 3.05) is 20.3 Å². The number of benzene rings is 1. The van der Waals surface area contributed by atoms with Crippen molar-refractivity contribution < 1.29 is 9.47 Å². The summed E-state index contributed by atoms with van der Waals surface area (Å²) in [7, 11) is 1.71. The summed E-state index contributed by atoms with van der Waals surface area (Å²) in [4.78, 5) is 4.43. The monoisotopic (exact) mass is 306 g/mol. The molecule has 0 unspecified atom stereocenters. The largest absolute Gasteiger partial charge is 0.487 e. The Morgan fingerprint density at radius 2 is 2.14 bits per heavy atom. The second kappa shape index (κ2) is 8.12. The van der Waals surface area contributed by atoms with E-state index in [1.54, 1.807) is 18.4 Å². The molecule has 0 aliphatic heterocycles. The molecule has 2 aromatic rings. The number of hydrogen-bond donors (Lipinski definition) is 1. The number of hydrogen-bond acceptors (Lipinski definition) is 5. The molecule has 21 heavy (non-hydrogen) atoms. The molecule has 0 bridgehead atoms. The molecule has 0 aliphatic carbocycles. The van der Waals surface area contributed by atoms with E-state index < -0.39 is 0 Å².